The van der Waals surface area contributed by atoms with E-state index in [1.165, 1.54) is 0 Å². The van der Waals surface area contributed by atoms with E-state index in [-0.39, 0.29) is 12.5 Å². The predicted molar refractivity (Wildman–Crippen MR) is 72.9 cm³/mol. The molecule has 1 aromatic carbocycles. The lowest BCUT2D eigenvalue weighted by atomic mass is 10.0. The lowest BCUT2D eigenvalue weighted by Gasteiger charge is -2.18. The lowest BCUT2D eigenvalue weighted by molar-refractivity contribution is -0.135. The van der Waals surface area contributed by atoms with Gasteiger partial charge in [-0.05, 0) is 44.0 Å². The van der Waals surface area contributed by atoms with Crippen LogP contribution in [-0.2, 0) is 6.42 Å². The first kappa shape index (κ1) is 16.6. The fourth-order valence-electron chi connectivity index (χ4n) is 1.87. The average Bonchev–Trinajstić information content (AvgIpc) is 2.30. The number of nitrogens with one attached hydrogen (secondary N) is 1. The van der Waals surface area contributed by atoms with E-state index in [9.17, 15) is 13.2 Å². The standard InChI is InChI=1S/C13H16Cl2F3N/c1-19-9(4-3-7-13(16,17)18)8-10-11(14)5-2-6-12(10)15/h2,5-6,9,19H,3-4,7-8H2,1H3. The molecule has 1 rings (SSSR count). The van der Waals surface area contributed by atoms with Crippen LogP contribution in [0.2, 0.25) is 10.0 Å². The Morgan fingerprint density at radius 3 is 2.26 bits per heavy atom. The van der Waals surface area contributed by atoms with Gasteiger partial charge in [0.25, 0.3) is 0 Å². The molecule has 0 spiro atoms. The highest BCUT2D eigenvalue weighted by Crippen LogP contribution is 2.27. The number of hydrogen-bond donors (Lipinski definition) is 1. The second-order valence-electron chi connectivity index (χ2n) is 4.40. The van der Waals surface area contributed by atoms with Gasteiger partial charge in [0, 0.05) is 22.5 Å². The molecule has 0 aliphatic heterocycles. The maximum atomic E-state index is 12.1. The summed E-state index contributed by atoms with van der Waals surface area (Å²) in [7, 11) is 1.73. The van der Waals surface area contributed by atoms with Crippen molar-refractivity contribution in [2.24, 2.45) is 0 Å². The van der Waals surface area contributed by atoms with Crippen LogP contribution in [0.3, 0.4) is 0 Å². The molecule has 0 saturated carbocycles. The van der Waals surface area contributed by atoms with Crippen LogP contribution < -0.4 is 5.32 Å². The molecule has 0 amide bonds. The van der Waals surface area contributed by atoms with Crippen molar-refractivity contribution in [3.63, 3.8) is 0 Å². The summed E-state index contributed by atoms with van der Waals surface area (Å²) in [6.07, 6.45) is -3.82. The summed E-state index contributed by atoms with van der Waals surface area (Å²) in [5.41, 5.74) is 0.775. The maximum absolute atomic E-state index is 12.1. The van der Waals surface area contributed by atoms with Crippen LogP contribution in [0.15, 0.2) is 18.2 Å². The van der Waals surface area contributed by atoms with E-state index in [2.05, 4.69) is 5.32 Å². The number of halogens is 5. The van der Waals surface area contributed by atoms with Gasteiger partial charge in [-0.2, -0.15) is 13.2 Å². The third-order valence-corrected chi connectivity index (χ3v) is 3.64. The molecule has 0 heterocycles. The van der Waals surface area contributed by atoms with Crippen molar-refractivity contribution in [1.82, 2.24) is 5.32 Å². The first-order chi connectivity index (χ1) is 8.83. The van der Waals surface area contributed by atoms with E-state index >= 15 is 0 Å². The molecule has 1 nitrogen and oxygen atoms in total. The average molecular weight is 314 g/mol. The summed E-state index contributed by atoms with van der Waals surface area (Å²) >= 11 is 12.1. The minimum atomic E-state index is -4.10. The van der Waals surface area contributed by atoms with Crippen molar-refractivity contribution in [3.8, 4) is 0 Å². The van der Waals surface area contributed by atoms with Gasteiger partial charge in [-0.15, -0.1) is 0 Å². The summed E-state index contributed by atoms with van der Waals surface area (Å²) in [6.45, 7) is 0. The molecule has 0 aromatic heterocycles. The fourth-order valence-corrected chi connectivity index (χ4v) is 2.42. The number of hydrogen-bond acceptors (Lipinski definition) is 1. The van der Waals surface area contributed by atoms with E-state index in [1.807, 2.05) is 0 Å². The molecule has 1 atom stereocenters. The van der Waals surface area contributed by atoms with Crippen molar-refractivity contribution in [1.29, 1.82) is 0 Å². The first-order valence-electron chi connectivity index (χ1n) is 6.00. The monoisotopic (exact) mass is 313 g/mol. The summed E-state index contributed by atoms with van der Waals surface area (Å²) < 4.78 is 36.3. The SMILES string of the molecule is CNC(CCCC(F)(F)F)Cc1c(Cl)cccc1Cl. The normalized spacial score (nSPS) is 13.6. The quantitative estimate of drug-likeness (QED) is 0.791. The van der Waals surface area contributed by atoms with E-state index in [4.69, 9.17) is 23.2 Å². The second-order valence-corrected chi connectivity index (χ2v) is 5.21. The molecule has 0 saturated heterocycles. The Morgan fingerprint density at radius 1 is 1.21 bits per heavy atom. The van der Waals surface area contributed by atoms with Crippen LogP contribution in [0.1, 0.15) is 24.8 Å². The van der Waals surface area contributed by atoms with Gasteiger partial charge >= 0.3 is 6.18 Å². The lowest BCUT2D eigenvalue weighted by Crippen LogP contribution is -2.28. The van der Waals surface area contributed by atoms with Crippen LogP contribution in [-0.4, -0.2) is 19.3 Å². The summed E-state index contributed by atoms with van der Waals surface area (Å²) in [5.74, 6) is 0. The molecule has 1 N–H and O–H groups in total. The summed E-state index contributed by atoms with van der Waals surface area (Å²) in [4.78, 5) is 0. The molecule has 0 radical (unpaired) electrons. The predicted octanol–water partition coefficient (Wildman–Crippen LogP) is 4.86. The highest BCUT2D eigenvalue weighted by molar-refractivity contribution is 6.35. The van der Waals surface area contributed by atoms with Crippen molar-refractivity contribution in [2.45, 2.75) is 37.9 Å². The van der Waals surface area contributed by atoms with Gasteiger partial charge in [0.1, 0.15) is 0 Å². The van der Waals surface area contributed by atoms with Crippen LogP contribution in [0.5, 0.6) is 0 Å². The number of alkyl halides is 3. The zero-order chi connectivity index (χ0) is 14.5. The highest BCUT2D eigenvalue weighted by atomic mass is 35.5. The van der Waals surface area contributed by atoms with E-state index < -0.39 is 12.6 Å². The van der Waals surface area contributed by atoms with Crippen LogP contribution in [0.25, 0.3) is 0 Å². The minimum absolute atomic E-state index is 0.0697. The third kappa shape index (κ3) is 6.02. The highest BCUT2D eigenvalue weighted by Gasteiger charge is 2.26. The molecular formula is C13H16Cl2F3N. The maximum Gasteiger partial charge on any atom is 0.389 e. The van der Waals surface area contributed by atoms with Crippen molar-refractivity contribution >= 4 is 23.2 Å². The number of rotatable bonds is 6. The molecule has 0 aliphatic rings. The number of benzene rings is 1. The zero-order valence-electron chi connectivity index (χ0n) is 10.5. The molecule has 6 heteroatoms. The topological polar surface area (TPSA) is 12.0 Å². The van der Waals surface area contributed by atoms with Crippen molar-refractivity contribution in [2.75, 3.05) is 7.05 Å². The van der Waals surface area contributed by atoms with Gasteiger partial charge in [-0.3, -0.25) is 0 Å². The molecule has 0 bridgehead atoms. The van der Waals surface area contributed by atoms with Crippen LogP contribution in [0.4, 0.5) is 13.2 Å². The summed E-state index contributed by atoms with van der Waals surface area (Å²) in [6, 6.07) is 5.13. The molecule has 0 aliphatic carbocycles. The Kier molecular flexibility index (Phi) is 6.43. The fraction of sp³-hybridized carbons (Fsp3) is 0.538. The molecule has 108 valence electrons. The Morgan fingerprint density at radius 2 is 1.79 bits per heavy atom. The summed E-state index contributed by atoms with van der Waals surface area (Å²) in [5, 5.41) is 4.10. The van der Waals surface area contributed by atoms with Gasteiger partial charge in [0.15, 0.2) is 0 Å². The smallest absolute Gasteiger partial charge is 0.317 e. The van der Waals surface area contributed by atoms with Gasteiger partial charge < -0.3 is 5.32 Å². The second kappa shape index (κ2) is 7.36. The van der Waals surface area contributed by atoms with Crippen molar-refractivity contribution in [3.05, 3.63) is 33.8 Å². The molecule has 1 unspecified atom stereocenters. The van der Waals surface area contributed by atoms with E-state index in [0.717, 1.165) is 5.56 Å². The number of likely N-dealkylation sites (N-methyl/N-ethyl adjacent to an activating group) is 1. The van der Waals surface area contributed by atoms with Crippen LogP contribution in [0, 0.1) is 0 Å². The first-order valence-corrected chi connectivity index (χ1v) is 6.76. The molecular weight excluding hydrogens is 298 g/mol. The minimum Gasteiger partial charge on any atom is -0.317 e. The van der Waals surface area contributed by atoms with Gasteiger partial charge in [0.2, 0.25) is 0 Å². The Labute approximate surface area is 121 Å². The molecule has 0 fully saturated rings. The van der Waals surface area contributed by atoms with Crippen LogP contribution >= 0.6 is 23.2 Å². The van der Waals surface area contributed by atoms with E-state index in [1.54, 1.807) is 25.2 Å². The van der Waals surface area contributed by atoms with Crippen molar-refractivity contribution < 1.29 is 13.2 Å². The van der Waals surface area contributed by atoms with E-state index in [0.29, 0.717) is 22.9 Å². The zero-order valence-corrected chi connectivity index (χ0v) is 12.0. The van der Waals surface area contributed by atoms with Gasteiger partial charge in [-0.25, -0.2) is 0 Å². The largest absolute Gasteiger partial charge is 0.389 e. The van der Waals surface area contributed by atoms with Gasteiger partial charge in [-0.1, -0.05) is 29.3 Å². The third-order valence-electron chi connectivity index (χ3n) is 2.93. The molecule has 1 aromatic rings. The molecule has 19 heavy (non-hydrogen) atoms. The van der Waals surface area contributed by atoms with Gasteiger partial charge in [0.05, 0.1) is 0 Å². The Hall–Kier alpha value is -0.450. The Bertz CT molecular complexity index is 387. The Balaban J connectivity index is 2.57.